The van der Waals surface area contributed by atoms with Gasteiger partial charge in [0.15, 0.2) is 5.65 Å². The van der Waals surface area contributed by atoms with Crippen LogP contribution in [0.25, 0.3) is 5.65 Å². The molecule has 0 aliphatic rings. The predicted molar refractivity (Wildman–Crippen MR) is 73.9 cm³/mol. The van der Waals surface area contributed by atoms with Gasteiger partial charge in [0, 0.05) is 6.42 Å². The number of benzene rings is 1. The highest BCUT2D eigenvalue weighted by Crippen LogP contribution is 2.14. The Hall–Kier alpha value is -2.69. The average molecular weight is 267 g/mol. The fourth-order valence-corrected chi connectivity index (χ4v) is 2.29. The minimum atomic E-state index is -0.985. The van der Waals surface area contributed by atoms with Gasteiger partial charge in [-0.2, -0.15) is 0 Å². The summed E-state index contributed by atoms with van der Waals surface area (Å²) in [6, 6.07) is 13.0. The molecule has 5 nitrogen and oxygen atoms in total. The number of aromatic carboxylic acids is 1. The molecule has 100 valence electrons. The quantitative estimate of drug-likeness (QED) is 0.790. The molecule has 2 heterocycles. The smallest absolute Gasteiger partial charge is 0.352 e. The molecule has 3 rings (SSSR count). The molecule has 0 amide bonds. The van der Waals surface area contributed by atoms with E-state index in [0.29, 0.717) is 17.9 Å². The van der Waals surface area contributed by atoms with Crippen molar-refractivity contribution in [2.45, 2.75) is 13.3 Å². The summed E-state index contributed by atoms with van der Waals surface area (Å²) in [5.74, 6) is -0.357. The van der Waals surface area contributed by atoms with Crippen molar-refractivity contribution in [3.63, 3.8) is 0 Å². The van der Waals surface area contributed by atoms with E-state index < -0.39 is 5.97 Å². The molecule has 0 spiro atoms. The molecule has 1 N–H and O–H groups in total. The molecule has 20 heavy (non-hydrogen) atoms. The van der Waals surface area contributed by atoms with Crippen LogP contribution >= 0.6 is 0 Å². The normalized spacial score (nSPS) is 10.8. The van der Waals surface area contributed by atoms with Crippen molar-refractivity contribution in [2.75, 3.05) is 0 Å². The molecular weight excluding hydrogens is 254 g/mol. The van der Waals surface area contributed by atoms with Gasteiger partial charge in [0.05, 0.1) is 0 Å². The lowest BCUT2D eigenvalue weighted by molar-refractivity contribution is 0.0688. The van der Waals surface area contributed by atoms with Gasteiger partial charge in [-0.3, -0.25) is 4.40 Å². The van der Waals surface area contributed by atoms with Gasteiger partial charge >= 0.3 is 5.97 Å². The van der Waals surface area contributed by atoms with Crippen LogP contribution in [0.5, 0.6) is 0 Å². The van der Waals surface area contributed by atoms with Gasteiger partial charge in [-0.25, -0.2) is 4.79 Å². The fraction of sp³-hybridized carbons (Fsp3) is 0.133. The number of aryl methyl sites for hydroxylation is 1. The number of aromatic nitrogens is 3. The number of hydrogen-bond donors (Lipinski definition) is 1. The topological polar surface area (TPSA) is 67.5 Å². The van der Waals surface area contributed by atoms with Crippen LogP contribution in [-0.2, 0) is 6.42 Å². The summed E-state index contributed by atoms with van der Waals surface area (Å²) in [6.07, 6.45) is 0.549. The van der Waals surface area contributed by atoms with E-state index in [1.54, 1.807) is 22.6 Å². The molecule has 0 atom stereocenters. The SMILES string of the molecule is Cc1cccc(Cc2nnc3cccc(C(=O)O)n23)c1. The maximum absolute atomic E-state index is 11.3. The van der Waals surface area contributed by atoms with Gasteiger partial charge in [0.1, 0.15) is 11.5 Å². The summed E-state index contributed by atoms with van der Waals surface area (Å²) < 4.78 is 1.59. The molecule has 2 aromatic heterocycles. The first kappa shape index (κ1) is 12.3. The van der Waals surface area contributed by atoms with Gasteiger partial charge in [0.25, 0.3) is 0 Å². The zero-order valence-electron chi connectivity index (χ0n) is 10.9. The van der Waals surface area contributed by atoms with Crippen molar-refractivity contribution >= 4 is 11.6 Å². The monoisotopic (exact) mass is 267 g/mol. The predicted octanol–water partition coefficient (Wildman–Crippen LogP) is 2.33. The van der Waals surface area contributed by atoms with Crippen LogP contribution in [0.1, 0.15) is 27.4 Å². The Labute approximate surface area is 115 Å². The Balaban J connectivity index is 2.10. The van der Waals surface area contributed by atoms with Crippen LogP contribution in [0.15, 0.2) is 42.5 Å². The van der Waals surface area contributed by atoms with Crippen LogP contribution in [0, 0.1) is 6.92 Å². The van der Waals surface area contributed by atoms with Crippen molar-refractivity contribution in [2.24, 2.45) is 0 Å². The Morgan fingerprint density at radius 2 is 2.00 bits per heavy atom. The lowest BCUT2D eigenvalue weighted by Crippen LogP contribution is -2.08. The fourth-order valence-electron chi connectivity index (χ4n) is 2.29. The van der Waals surface area contributed by atoms with Crippen molar-refractivity contribution in [1.29, 1.82) is 0 Å². The summed E-state index contributed by atoms with van der Waals surface area (Å²) in [4.78, 5) is 11.3. The van der Waals surface area contributed by atoms with E-state index in [1.165, 1.54) is 0 Å². The Morgan fingerprint density at radius 3 is 2.75 bits per heavy atom. The Kier molecular flexibility index (Phi) is 2.95. The first-order valence-electron chi connectivity index (χ1n) is 6.27. The van der Waals surface area contributed by atoms with Crippen LogP contribution in [0.3, 0.4) is 0 Å². The summed E-state index contributed by atoms with van der Waals surface area (Å²) in [5.41, 5.74) is 2.97. The van der Waals surface area contributed by atoms with Gasteiger partial charge in [-0.15, -0.1) is 10.2 Å². The number of rotatable bonds is 3. The third-order valence-corrected chi connectivity index (χ3v) is 3.16. The summed E-state index contributed by atoms with van der Waals surface area (Å²) in [6.45, 7) is 2.02. The highest BCUT2D eigenvalue weighted by molar-refractivity contribution is 5.86. The van der Waals surface area contributed by atoms with Crippen molar-refractivity contribution in [3.8, 4) is 0 Å². The van der Waals surface area contributed by atoms with Crippen LogP contribution in [0.4, 0.5) is 0 Å². The van der Waals surface area contributed by atoms with Gasteiger partial charge < -0.3 is 5.11 Å². The number of pyridine rings is 1. The molecular formula is C15H13N3O2. The zero-order chi connectivity index (χ0) is 14.1. The third-order valence-electron chi connectivity index (χ3n) is 3.16. The van der Waals surface area contributed by atoms with Crippen LogP contribution in [0.2, 0.25) is 0 Å². The largest absolute Gasteiger partial charge is 0.477 e. The molecule has 0 saturated carbocycles. The summed E-state index contributed by atoms with van der Waals surface area (Å²) in [7, 11) is 0. The van der Waals surface area contributed by atoms with E-state index in [1.807, 2.05) is 25.1 Å². The van der Waals surface area contributed by atoms with E-state index in [2.05, 4.69) is 16.3 Å². The number of carbonyl (C=O) groups is 1. The molecule has 0 radical (unpaired) electrons. The maximum atomic E-state index is 11.3. The van der Waals surface area contributed by atoms with Crippen molar-refractivity contribution in [1.82, 2.24) is 14.6 Å². The molecule has 3 aromatic rings. The summed E-state index contributed by atoms with van der Waals surface area (Å²) >= 11 is 0. The Bertz CT molecular complexity index is 793. The first-order valence-corrected chi connectivity index (χ1v) is 6.27. The second kappa shape index (κ2) is 4.77. The summed E-state index contributed by atoms with van der Waals surface area (Å²) in [5, 5.41) is 17.4. The van der Waals surface area contributed by atoms with Crippen molar-refractivity contribution in [3.05, 3.63) is 65.1 Å². The molecule has 0 aliphatic carbocycles. The minimum Gasteiger partial charge on any atom is -0.477 e. The molecule has 0 aliphatic heterocycles. The molecule has 5 heteroatoms. The van der Waals surface area contributed by atoms with E-state index in [9.17, 15) is 9.90 Å². The van der Waals surface area contributed by atoms with E-state index >= 15 is 0 Å². The number of fused-ring (bicyclic) bond motifs is 1. The van der Waals surface area contributed by atoms with Crippen LogP contribution < -0.4 is 0 Å². The standard InChI is InChI=1S/C15H13N3O2/c1-10-4-2-5-11(8-10)9-14-17-16-13-7-3-6-12(15(19)20)18(13)14/h2-8H,9H2,1H3,(H,19,20). The second-order valence-electron chi connectivity index (χ2n) is 4.69. The maximum Gasteiger partial charge on any atom is 0.352 e. The molecule has 0 bridgehead atoms. The molecule has 1 aromatic carbocycles. The highest BCUT2D eigenvalue weighted by Gasteiger charge is 2.14. The van der Waals surface area contributed by atoms with E-state index in [4.69, 9.17) is 0 Å². The number of carboxylic acid groups (broad SMARTS) is 1. The number of carboxylic acids is 1. The minimum absolute atomic E-state index is 0.176. The highest BCUT2D eigenvalue weighted by atomic mass is 16.4. The third kappa shape index (κ3) is 2.14. The van der Waals surface area contributed by atoms with Crippen LogP contribution in [-0.4, -0.2) is 25.7 Å². The number of hydrogen-bond acceptors (Lipinski definition) is 3. The number of nitrogens with zero attached hydrogens (tertiary/aromatic N) is 3. The molecule has 0 unspecified atom stereocenters. The van der Waals surface area contributed by atoms with Crippen molar-refractivity contribution < 1.29 is 9.90 Å². The second-order valence-corrected chi connectivity index (χ2v) is 4.69. The Morgan fingerprint density at radius 1 is 1.20 bits per heavy atom. The van der Waals surface area contributed by atoms with Gasteiger partial charge in [0.2, 0.25) is 0 Å². The first-order chi connectivity index (χ1) is 9.65. The van der Waals surface area contributed by atoms with Gasteiger partial charge in [-0.05, 0) is 24.6 Å². The van der Waals surface area contributed by atoms with E-state index in [0.717, 1.165) is 11.1 Å². The van der Waals surface area contributed by atoms with Gasteiger partial charge in [-0.1, -0.05) is 35.9 Å². The lowest BCUT2D eigenvalue weighted by Gasteiger charge is -2.04. The molecule has 0 fully saturated rings. The molecule has 0 saturated heterocycles. The zero-order valence-corrected chi connectivity index (χ0v) is 10.9. The average Bonchev–Trinajstić information content (AvgIpc) is 2.82. The van der Waals surface area contributed by atoms with E-state index in [-0.39, 0.29) is 5.69 Å². The lowest BCUT2D eigenvalue weighted by atomic mass is 10.1.